The molecule has 3 aromatic rings. The van der Waals surface area contributed by atoms with Crippen LogP contribution in [0, 0.1) is 27.7 Å². The number of rotatable bonds is 6. The van der Waals surface area contributed by atoms with E-state index in [9.17, 15) is 13.2 Å². The van der Waals surface area contributed by atoms with Crippen molar-refractivity contribution in [3.63, 3.8) is 0 Å². The molecule has 0 aliphatic rings. The molecule has 0 saturated heterocycles. The van der Waals surface area contributed by atoms with Crippen molar-refractivity contribution in [2.24, 2.45) is 0 Å². The van der Waals surface area contributed by atoms with E-state index in [1.165, 1.54) is 0 Å². The van der Waals surface area contributed by atoms with Crippen LogP contribution >= 0.6 is 11.6 Å². The van der Waals surface area contributed by atoms with Gasteiger partial charge in [-0.2, -0.15) is 0 Å². The molecule has 3 aromatic carbocycles. The molecule has 0 spiro atoms. The van der Waals surface area contributed by atoms with Gasteiger partial charge in [0, 0.05) is 10.7 Å². The monoisotopic (exact) mass is 456 g/mol. The Bertz CT molecular complexity index is 1220. The predicted octanol–water partition coefficient (Wildman–Crippen LogP) is 5.41. The van der Waals surface area contributed by atoms with Crippen molar-refractivity contribution in [1.29, 1.82) is 0 Å². The average molecular weight is 457 g/mol. The minimum atomic E-state index is -3.96. The van der Waals surface area contributed by atoms with Crippen molar-refractivity contribution in [2.45, 2.75) is 32.6 Å². The van der Waals surface area contributed by atoms with Crippen LogP contribution in [0.4, 0.5) is 11.4 Å². The van der Waals surface area contributed by atoms with Gasteiger partial charge < -0.3 is 5.32 Å². The van der Waals surface area contributed by atoms with Crippen LogP contribution in [0.2, 0.25) is 5.02 Å². The molecule has 0 radical (unpaired) electrons. The fraction of sp³-hybridized carbons (Fsp3) is 0.208. The number of carbonyl (C=O) groups is 1. The molecular weight excluding hydrogens is 432 g/mol. The van der Waals surface area contributed by atoms with Gasteiger partial charge in [0.1, 0.15) is 6.54 Å². The molecule has 0 fully saturated rings. The lowest BCUT2D eigenvalue weighted by Crippen LogP contribution is -2.38. The average Bonchev–Trinajstić information content (AvgIpc) is 2.69. The van der Waals surface area contributed by atoms with Gasteiger partial charge in [-0.25, -0.2) is 8.42 Å². The van der Waals surface area contributed by atoms with Gasteiger partial charge in [0.05, 0.1) is 10.6 Å². The first-order valence-electron chi connectivity index (χ1n) is 9.80. The lowest BCUT2D eigenvalue weighted by Gasteiger charge is -2.26. The van der Waals surface area contributed by atoms with Gasteiger partial charge in [-0.1, -0.05) is 47.0 Å². The van der Waals surface area contributed by atoms with E-state index in [4.69, 9.17) is 11.6 Å². The predicted molar refractivity (Wildman–Crippen MR) is 126 cm³/mol. The number of carbonyl (C=O) groups excluding carboxylic acids is 1. The quantitative estimate of drug-likeness (QED) is 0.539. The van der Waals surface area contributed by atoms with E-state index in [0.717, 1.165) is 26.6 Å². The summed E-state index contributed by atoms with van der Waals surface area (Å²) in [5.41, 5.74) is 4.58. The Kier molecular flexibility index (Phi) is 6.72. The number of halogens is 1. The van der Waals surface area contributed by atoms with Gasteiger partial charge >= 0.3 is 0 Å². The maximum atomic E-state index is 13.5. The van der Waals surface area contributed by atoms with Gasteiger partial charge in [-0.3, -0.25) is 9.10 Å². The molecule has 0 bridgehead atoms. The van der Waals surface area contributed by atoms with Crippen LogP contribution in [-0.4, -0.2) is 20.9 Å². The number of amides is 1. The highest BCUT2D eigenvalue weighted by molar-refractivity contribution is 7.92. The summed E-state index contributed by atoms with van der Waals surface area (Å²) in [6.07, 6.45) is 0. The Balaban J connectivity index is 1.99. The number of hydrogen-bond acceptors (Lipinski definition) is 3. The van der Waals surface area contributed by atoms with Crippen LogP contribution in [0.3, 0.4) is 0 Å². The first-order chi connectivity index (χ1) is 14.6. The Labute approximate surface area is 188 Å². The van der Waals surface area contributed by atoms with Crippen molar-refractivity contribution in [3.05, 3.63) is 87.9 Å². The first-order valence-corrected chi connectivity index (χ1v) is 11.6. The van der Waals surface area contributed by atoms with E-state index in [1.54, 1.807) is 48.5 Å². The smallest absolute Gasteiger partial charge is 0.264 e. The highest BCUT2D eigenvalue weighted by atomic mass is 35.5. The summed E-state index contributed by atoms with van der Waals surface area (Å²) >= 11 is 5.99. The molecule has 0 aromatic heterocycles. The molecule has 31 heavy (non-hydrogen) atoms. The Morgan fingerprint density at radius 3 is 2.13 bits per heavy atom. The van der Waals surface area contributed by atoms with Crippen LogP contribution in [0.15, 0.2) is 65.6 Å². The molecule has 0 heterocycles. The zero-order valence-corrected chi connectivity index (χ0v) is 19.5. The standard InChI is InChI=1S/C24H25ClN2O3S/c1-16-5-9-21(10-6-16)31(29,30)27(23-12-7-17(2)13-19(23)4)15-24(28)26-22-11-8-20(25)14-18(22)3/h5-14H,15H2,1-4H3,(H,26,28). The maximum Gasteiger partial charge on any atom is 0.264 e. The molecule has 7 heteroatoms. The third kappa shape index (κ3) is 5.27. The molecule has 1 N–H and O–H groups in total. The number of anilines is 2. The zero-order chi connectivity index (χ0) is 22.8. The van der Waals surface area contributed by atoms with Crippen molar-refractivity contribution in [2.75, 3.05) is 16.2 Å². The summed E-state index contributed by atoms with van der Waals surface area (Å²) < 4.78 is 28.2. The molecule has 0 saturated carbocycles. The van der Waals surface area contributed by atoms with Gasteiger partial charge in [0.2, 0.25) is 5.91 Å². The first kappa shape index (κ1) is 22.8. The minimum absolute atomic E-state index is 0.133. The van der Waals surface area contributed by atoms with Crippen molar-refractivity contribution in [1.82, 2.24) is 0 Å². The van der Waals surface area contributed by atoms with E-state index in [0.29, 0.717) is 16.4 Å². The summed E-state index contributed by atoms with van der Waals surface area (Å²) in [4.78, 5) is 13.0. The van der Waals surface area contributed by atoms with Crippen LogP contribution in [0.5, 0.6) is 0 Å². The second-order valence-electron chi connectivity index (χ2n) is 7.62. The lowest BCUT2D eigenvalue weighted by atomic mass is 10.1. The molecule has 0 atom stereocenters. The maximum absolute atomic E-state index is 13.5. The number of hydrogen-bond donors (Lipinski definition) is 1. The van der Waals surface area contributed by atoms with Crippen molar-refractivity contribution < 1.29 is 13.2 Å². The van der Waals surface area contributed by atoms with Crippen LogP contribution in [0.1, 0.15) is 22.3 Å². The van der Waals surface area contributed by atoms with Gasteiger partial charge in [0.15, 0.2) is 0 Å². The Morgan fingerprint density at radius 1 is 0.871 bits per heavy atom. The van der Waals surface area contributed by atoms with Crippen LogP contribution < -0.4 is 9.62 Å². The topological polar surface area (TPSA) is 66.5 Å². The van der Waals surface area contributed by atoms with Gasteiger partial charge in [-0.15, -0.1) is 0 Å². The molecule has 1 amide bonds. The Morgan fingerprint density at radius 2 is 1.52 bits per heavy atom. The molecule has 0 aliphatic carbocycles. The van der Waals surface area contributed by atoms with Crippen molar-refractivity contribution >= 4 is 38.9 Å². The van der Waals surface area contributed by atoms with Gasteiger partial charge in [0.25, 0.3) is 10.0 Å². The Hall–Kier alpha value is -2.83. The lowest BCUT2D eigenvalue weighted by molar-refractivity contribution is -0.114. The fourth-order valence-electron chi connectivity index (χ4n) is 3.31. The van der Waals surface area contributed by atoms with Gasteiger partial charge in [-0.05, 0) is 75.2 Å². The second-order valence-corrected chi connectivity index (χ2v) is 9.92. The number of aryl methyl sites for hydroxylation is 4. The summed E-state index contributed by atoms with van der Waals surface area (Å²) in [5.74, 6) is -0.443. The molecule has 3 rings (SSSR count). The van der Waals surface area contributed by atoms with Crippen LogP contribution in [-0.2, 0) is 14.8 Å². The number of sulfonamides is 1. The third-order valence-electron chi connectivity index (χ3n) is 4.98. The highest BCUT2D eigenvalue weighted by Crippen LogP contribution is 2.28. The van der Waals surface area contributed by atoms with E-state index in [2.05, 4.69) is 5.32 Å². The normalized spacial score (nSPS) is 11.3. The molecular formula is C24H25ClN2O3S. The summed E-state index contributed by atoms with van der Waals surface area (Å²) in [6.45, 7) is 7.13. The van der Waals surface area contributed by atoms with E-state index in [-0.39, 0.29) is 11.4 Å². The van der Waals surface area contributed by atoms with E-state index < -0.39 is 15.9 Å². The minimum Gasteiger partial charge on any atom is -0.324 e. The zero-order valence-electron chi connectivity index (χ0n) is 17.9. The number of nitrogens with one attached hydrogen (secondary N) is 1. The van der Waals surface area contributed by atoms with E-state index >= 15 is 0 Å². The molecule has 5 nitrogen and oxygen atoms in total. The van der Waals surface area contributed by atoms with Crippen LogP contribution in [0.25, 0.3) is 0 Å². The van der Waals surface area contributed by atoms with E-state index in [1.807, 2.05) is 39.8 Å². The number of nitrogens with zero attached hydrogens (tertiary/aromatic N) is 1. The SMILES string of the molecule is Cc1ccc(S(=O)(=O)N(CC(=O)Nc2ccc(Cl)cc2C)c2ccc(C)cc2C)cc1. The molecule has 162 valence electrons. The summed E-state index contributed by atoms with van der Waals surface area (Å²) in [5, 5.41) is 3.36. The largest absolute Gasteiger partial charge is 0.324 e. The second kappa shape index (κ2) is 9.12. The summed E-state index contributed by atoms with van der Waals surface area (Å²) in [6, 6.07) is 17.2. The highest BCUT2D eigenvalue weighted by Gasteiger charge is 2.28. The fourth-order valence-corrected chi connectivity index (χ4v) is 5.02. The summed E-state index contributed by atoms with van der Waals surface area (Å²) in [7, 11) is -3.96. The third-order valence-corrected chi connectivity index (χ3v) is 6.99. The van der Waals surface area contributed by atoms with Crippen molar-refractivity contribution in [3.8, 4) is 0 Å². The molecule has 0 unspecified atom stereocenters. The number of benzene rings is 3. The molecule has 0 aliphatic heterocycles.